The summed E-state index contributed by atoms with van der Waals surface area (Å²) in [7, 11) is 0. The third-order valence-electron chi connectivity index (χ3n) is 2.62. The average molecular weight is 237 g/mol. The molecule has 0 saturated carbocycles. The molecule has 94 valence electrons. The molecule has 0 saturated heterocycles. The summed E-state index contributed by atoms with van der Waals surface area (Å²) in [5.41, 5.74) is 1.94. The molecular formula is C12H19N3O2. The predicted molar refractivity (Wildman–Crippen MR) is 64.8 cm³/mol. The summed E-state index contributed by atoms with van der Waals surface area (Å²) >= 11 is 0. The molecule has 0 fully saturated rings. The van der Waals surface area contributed by atoms with Gasteiger partial charge in [0.25, 0.3) is 5.91 Å². The zero-order valence-electron chi connectivity index (χ0n) is 10.5. The number of rotatable bonds is 5. The first kappa shape index (κ1) is 13.6. The van der Waals surface area contributed by atoms with Gasteiger partial charge in [-0.25, -0.2) is 0 Å². The highest BCUT2D eigenvalue weighted by Crippen LogP contribution is 2.08. The fourth-order valence-electron chi connectivity index (χ4n) is 1.51. The molecule has 17 heavy (non-hydrogen) atoms. The lowest BCUT2D eigenvalue weighted by molar-refractivity contribution is 0.0913. The van der Waals surface area contributed by atoms with Gasteiger partial charge < -0.3 is 10.4 Å². The third kappa shape index (κ3) is 3.49. The van der Waals surface area contributed by atoms with Gasteiger partial charge in [-0.2, -0.15) is 10.2 Å². The second-order valence-corrected chi connectivity index (χ2v) is 3.96. The number of hydrogen-bond donors (Lipinski definition) is 2. The van der Waals surface area contributed by atoms with E-state index in [4.69, 9.17) is 5.11 Å². The van der Waals surface area contributed by atoms with E-state index in [-0.39, 0.29) is 18.6 Å². The van der Waals surface area contributed by atoms with Crippen LogP contribution in [0.1, 0.15) is 42.0 Å². The minimum Gasteiger partial charge on any atom is -0.394 e. The van der Waals surface area contributed by atoms with E-state index in [1.165, 1.54) is 0 Å². The van der Waals surface area contributed by atoms with E-state index >= 15 is 0 Å². The van der Waals surface area contributed by atoms with Crippen molar-refractivity contribution >= 4 is 5.91 Å². The molecule has 2 N–H and O–H groups in total. The molecule has 1 heterocycles. The van der Waals surface area contributed by atoms with Crippen molar-refractivity contribution in [3.8, 4) is 0 Å². The number of carbonyl (C=O) groups excluding carboxylic acids is 1. The van der Waals surface area contributed by atoms with Crippen LogP contribution in [0.25, 0.3) is 0 Å². The van der Waals surface area contributed by atoms with Crippen molar-refractivity contribution in [2.75, 3.05) is 6.61 Å². The van der Waals surface area contributed by atoms with Crippen molar-refractivity contribution in [3.63, 3.8) is 0 Å². The molecule has 0 aliphatic rings. The summed E-state index contributed by atoms with van der Waals surface area (Å²) in [6, 6.07) is 1.52. The van der Waals surface area contributed by atoms with E-state index in [1.807, 2.05) is 13.8 Å². The van der Waals surface area contributed by atoms with Gasteiger partial charge >= 0.3 is 0 Å². The largest absolute Gasteiger partial charge is 0.394 e. The molecule has 0 spiro atoms. The fourth-order valence-corrected chi connectivity index (χ4v) is 1.51. The number of nitrogens with zero attached hydrogens (tertiary/aromatic N) is 2. The van der Waals surface area contributed by atoms with Crippen LogP contribution in [0, 0.1) is 6.92 Å². The summed E-state index contributed by atoms with van der Waals surface area (Å²) < 4.78 is 0. The maximum absolute atomic E-state index is 12.0. The Hall–Kier alpha value is -1.49. The molecule has 0 aliphatic carbocycles. The van der Waals surface area contributed by atoms with Crippen molar-refractivity contribution in [1.29, 1.82) is 0 Å². The van der Waals surface area contributed by atoms with Crippen LogP contribution in [0.3, 0.4) is 0 Å². The molecule has 1 atom stereocenters. The number of aryl methyl sites for hydroxylation is 2. The predicted octanol–water partition coefficient (Wildman–Crippen LogP) is 0.848. The number of hydrogen-bond acceptors (Lipinski definition) is 4. The topological polar surface area (TPSA) is 75.1 Å². The van der Waals surface area contributed by atoms with Crippen LogP contribution >= 0.6 is 0 Å². The van der Waals surface area contributed by atoms with Crippen LogP contribution in [0.2, 0.25) is 0 Å². The van der Waals surface area contributed by atoms with Crippen LogP contribution in [-0.4, -0.2) is 33.9 Å². The van der Waals surface area contributed by atoms with Crippen LogP contribution in [0.15, 0.2) is 6.07 Å². The molecule has 1 amide bonds. The van der Waals surface area contributed by atoms with Crippen molar-refractivity contribution in [2.45, 2.75) is 39.7 Å². The Balaban J connectivity index is 2.90. The lowest BCUT2D eigenvalue weighted by atomic mass is 10.1. The first-order valence-corrected chi connectivity index (χ1v) is 5.87. The second kappa shape index (κ2) is 6.30. The smallest absolute Gasteiger partial charge is 0.253 e. The van der Waals surface area contributed by atoms with Crippen molar-refractivity contribution in [1.82, 2.24) is 15.5 Å². The number of aliphatic hydroxyl groups is 1. The van der Waals surface area contributed by atoms with Gasteiger partial charge in [0.1, 0.15) is 0 Å². The maximum atomic E-state index is 12.0. The number of nitrogens with one attached hydrogen (secondary N) is 1. The Morgan fingerprint density at radius 2 is 2.18 bits per heavy atom. The first-order valence-electron chi connectivity index (χ1n) is 5.87. The van der Waals surface area contributed by atoms with Gasteiger partial charge in [-0.3, -0.25) is 4.79 Å². The van der Waals surface area contributed by atoms with Crippen LogP contribution in [-0.2, 0) is 6.42 Å². The molecule has 0 aliphatic heterocycles. The van der Waals surface area contributed by atoms with E-state index < -0.39 is 0 Å². The summed E-state index contributed by atoms with van der Waals surface area (Å²) in [6.07, 6.45) is 1.35. The van der Waals surface area contributed by atoms with Gasteiger partial charge in [-0.15, -0.1) is 0 Å². The molecule has 1 aromatic heterocycles. The molecule has 1 rings (SSSR count). The van der Waals surface area contributed by atoms with Gasteiger partial charge in [-0.05, 0) is 25.8 Å². The molecule has 0 radical (unpaired) electrons. The van der Waals surface area contributed by atoms with E-state index in [1.54, 1.807) is 13.0 Å². The molecule has 1 aromatic rings. The average Bonchev–Trinajstić information content (AvgIpc) is 2.35. The fraction of sp³-hybridized carbons (Fsp3) is 0.583. The Bertz CT molecular complexity index is 389. The second-order valence-electron chi connectivity index (χ2n) is 3.96. The van der Waals surface area contributed by atoms with Gasteiger partial charge in [0.05, 0.1) is 29.6 Å². The van der Waals surface area contributed by atoms with Crippen LogP contribution in [0.5, 0.6) is 0 Å². The van der Waals surface area contributed by atoms with Crippen molar-refractivity contribution in [2.24, 2.45) is 0 Å². The number of carbonyl (C=O) groups is 1. The monoisotopic (exact) mass is 237 g/mol. The summed E-state index contributed by atoms with van der Waals surface area (Å²) in [6.45, 7) is 5.59. The SMILES string of the molecule is CCc1nnc(C)cc1C(=O)N[C@@H](CC)CO. The van der Waals surface area contributed by atoms with Gasteiger partial charge in [0.2, 0.25) is 0 Å². The maximum Gasteiger partial charge on any atom is 0.253 e. The van der Waals surface area contributed by atoms with Crippen LogP contribution in [0.4, 0.5) is 0 Å². The lowest BCUT2D eigenvalue weighted by Crippen LogP contribution is -2.37. The molecule has 5 heteroatoms. The van der Waals surface area contributed by atoms with Crippen molar-refractivity contribution < 1.29 is 9.90 Å². The van der Waals surface area contributed by atoms with E-state index in [2.05, 4.69) is 15.5 Å². The number of amides is 1. The Labute approximate surface area is 101 Å². The highest BCUT2D eigenvalue weighted by molar-refractivity contribution is 5.95. The van der Waals surface area contributed by atoms with Crippen molar-refractivity contribution in [3.05, 3.63) is 23.0 Å². The zero-order chi connectivity index (χ0) is 12.8. The van der Waals surface area contributed by atoms with Gasteiger partial charge in [-0.1, -0.05) is 13.8 Å². The summed E-state index contributed by atoms with van der Waals surface area (Å²) in [5, 5.41) is 19.8. The van der Waals surface area contributed by atoms with E-state index in [0.717, 1.165) is 0 Å². The standard InChI is InChI=1S/C12H19N3O2/c1-4-9(7-16)13-12(17)10-6-8(3)14-15-11(10)5-2/h6,9,16H,4-5,7H2,1-3H3,(H,13,17)/t9-/m0/s1. The first-order chi connectivity index (χ1) is 8.12. The Morgan fingerprint density at radius 1 is 1.47 bits per heavy atom. The highest BCUT2D eigenvalue weighted by atomic mass is 16.3. The van der Waals surface area contributed by atoms with Gasteiger partial charge in [0.15, 0.2) is 0 Å². The number of aromatic nitrogens is 2. The number of aliphatic hydroxyl groups excluding tert-OH is 1. The molecule has 0 aromatic carbocycles. The molecular weight excluding hydrogens is 218 g/mol. The van der Waals surface area contributed by atoms with E-state index in [0.29, 0.717) is 29.8 Å². The third-order valence-corrected chi connectivity index (χ3v) is 2.62. The molecule has 0 unspecified atom stereocenters. The molecule has 0 bridgehead atoms. The lowest BCUT2D eigenvalue weighted by Gasteiger charge is -2.15. The van der Waals surface area contributed by atoms with E-state index in [9.17, 15) is 4.79 Å². The summed E-state index contributed by atoms with van der Waals surface area (Å²) in [5.74, 6) is -0.194. The molecule has 5 nitrogen and oxygen atoms in total. The Kier molecular flexibility index (Phi) is 5.03. The highest BCUT2D eigenvalue weighted by Gasteiger charge is 2.15. The summed E-state index contributed by atoms with van der Waals surface area (Å²) in [4.78, 5) is 12.0. The minimum atomic E-state index is -0.208. The van der Waals surface area contributed by atoms with Gasteiger partial charge in [0, 0.05) is 0 Å². The quantitative estimate of drug-likeness (QED) is 0.796. The zero-order valence-corrected chi connectivity index (χ0v) is 10.5. The minimum absolute atomic E-state index is 0.0544. The van der Waals surface area contributed by atoms with Crippen LogP contribution < -0.4 is 5.32 Å². The normalized spacial score (nSPS) is 12.2. The Morgan fingerprint density at radius 3 is 2.71 bits per heavy atom.